The standard InChI is InChI=1S/C65H55N/c1-3-65(4-2)61-44-49(38-42-57(61)58-43-41-54(45-62(58)65)66(52-20-10-6-11-21-52)53-22-12-7-13-23-53)35-34-47-30-28-46(29-31-47)32-33-48-36-39-51(40-37-48)64-60-27-17-15-25-56(60)55-24-14-16-26-59(55)63(64)50-18-8-5-9-19-50/h5-15,17-25,27-39,41-45,51H,3-4,16,26,40H2,1-2H3/b33-32+,35-34+. The fourth-order valence-electron chi connectivity index (χ4n) is 11.2. The molecule has 0 aliphatic heterocycles. The Morgan fingerprint density at radius 2 is 1.12 bits per heavy atom. The van der Waals surface area contributed by atoms with Gasteiger partial charge in [0.05, 0.1) is 0 Å². The minimum absolute atomic E-state index is 0.0558. The lowest BCUT2D eigenvalue weighted by Crippen LogP contribution is -2.23. The van der Waals surface area contributed by atoms with Gasteiger partial charge in [-0.15, -0.1) is 0 Å². The van der Waals surface area contributed by atoms with Crippen LogP contribution in [0.3, 0.4) is 0 Å². The van der Waals surface area contributed by atoms with Crippen LogP contribution in [0, 0.1) is 0 Å². The molecule has 320 valence electrons. The average Bonchev–Trinajstić information content (AvgIpc) is 3.67. The van der Waals surface area contributed by atoms with Crippen LogP contribution in [0.1, 0.15) is 90.0 Å². The minimum Gasteiger partial charge on any atom is -0.310 e. The van der Waals surface area contributed by atoms with Crippen molar-refractivity contribution in [3.8, 4) is 22.3 Å². The lowest BCUT2D eigenvalue weighted by atomic mass is 9.73. The summed E-state index contributed by atoms with van der Waals surface area (Å²) in [6, 6.07) is 64.7. The van der Waals surface area contributed by atoms with Crippen LogP contribution in [0.15, 0.2) is 212 Å². The van der Waals surface area contributed by atoms with Crippen LogP contribution in [-0.2, 0) is 11.8 Å². The van der Waals surface area contributed by atoms with Gasteiger partial charge < -0.3 is 4.90 Å². The molecule has 0 saturated heterocycles. The zero-order valence-electron chi connectivity index (χ0n) is 38.0. The molecule has 11 rings (SSSR count). The smallest absolute Gasteiger partial charge is 0.0465 e. The third-order valence-corrected chi connectivity index (χ3v) is 14.5. The molecular weight excluding hydrogens is 795 g/mol. The van der Waals surface area contributed by atoms with Crippen molar-refractivity contribution in [1.29, 1.82) is 0 Å². The highest BCUT2D eigenvalue weighted by Gasteiger charge is 2.41. The lowest BCUT2D eigenvalue weighted by molar-refractivity contribution is 0.490. The van der Waals surface area contributed by atoms with E-state index in [1.165, 1.54) is 88.8 Å². The number of allylic oxidation sites excluding steroid dienone is 6. The number of hydrogen-bond donors (Lipinski definition) is 0. The molecule has 3 aliphatic carbocycles. The highest BCUT2D eigenvalue weighted by atomic mass is 15.1. The van der Waals surface area contributed by atoms with E-state index in [0.29, 0.717) is 5.92 Å². The van der Waals surface area contributed by atoms with Crippen LogP contribution in [0.25, 0.3) is 57.3 Å². The maximum absolute atomic E-state index is 2.46. The summed E-state index contributed by atoms with van der Waals surface area (Å²) in [5, 5.41) is 2.75. The first-order valence-electron chi connectivity index (χ1n) is 24.0. The lowest BCUT2D eigenvalue weighted by Gasteiger charge is -2.32. The number of para-hydroxylation sites is 2. The summed E-state index contributed by atoms with van der Waals surface area (Å²) in [7, 11) is 0. The van der Waals surface area contributed by atoms with Crippen molar-refractivity contribution in [1.82, 2.24) is 0 Å². The molecule has 8 aromatic carbocycles. The molecule has 0 N–H and O–H groups in total. The summed E-state index contributed by atoms with van der Waals surface area (Å²) in [5.74, 6) is 0.314. The van der Waals surface area contributed by atoms with Gasteiger partial charge in [0.2, 0.25) is 0 Å². The first kappa shape index (κ1) is 41.2. The molecule has 1 heteroatoms. The van der Waals surface area contributed by atoms with E-state index in [4.69, 9.17) is 0 Å². The maximum atomic E-state index is 2.46. The van der Waals surface area contributed by atoms with Gasteiger partial charge in [-0.2, -0.15) is 0 Å². The summed E-state index contributed by atoms with van der Waals surface area (Å²) < 4.78 is 0. The molecule has 0 fully saturated rings. The number of rotatable bonds is 11. The molecule has 0 bridgehead atoms. The summed E-state index contributed by atoms with van der Waals surface area (Å²) >= 11 is 0. The number of anilines is 3. The normalized spacial score (nSPS) is 15.8. The quantitative estimate of drug-likeness (QED) is 0.117. The number of nitrogens with zero attached hydrogens (tertiary/aromatic N) is 1. The van der Waals surface area contributed by atoms with Gasteiger partial charge in [0.15, 0.2) is 0 Å². The Labute approximate surface area is 391 Å². The third-order valence-electron chi connectivity index (χ3n) is 14.5. The largest absolute Gasteiger partial charge is 0.310 e. The van der Waals surface area contributed by atoms with E-state index >= 15 is 0 Å². The summed E-state index contributed by atoms with van der Waals surface area (Å²) in [4.78, 5) is 2.38. The molecule has 0 spiro atoms. The van der Waals surface area contributed by atoms with E-state index in [9.17, 15) is 0 Å². The molecule has 3 aliphatic rings. The van der Waals surface area contributed by atoms with Gasteiger partial charge in [-0.3, -0.25) is 0 Å². The third kappa shape index (κ3) is 7.49. The van der Waals surface area contributed by atoms with E-state index in [1.54, 1.807) is 0 Å². The molecule has 8 aromatic rings. The second-order valence-electron chi connectivity index (χ2n) is 18.1. The fourth-order valence-corrected chi connectivity index (χ4v) is 11.2. The van der Waals surface area contributed by atoms with Crippen LogP contribution in [0.4, 0.5) is 17.1 Å². The Balaban J connectivity index is 0.811. The first-order chi connectivity index (χ1) is 32.6. The van der Waals surface area contributed by atoms with Gasteiger partial charge in [-0.05, 0) is 152 Å². The van der Waals surface area contributed by atoms with Crippen molar-refractivity contribution in [2.24, 2.45) is 0 Å². The highest BCUT2D eigenvalue weighted by molar-refractivity contribution is 6.01. The molecule has 0 radical (unpaired) electrons. The van der Waals surface area contributed by atoms with E-state index in [-0.39, 0.29) is 5.41 Å². The fraction of sp³-hybridized carbons (Fsp3) is 0.138. The van der Waals surface area contributed by atoms with Gasteiger partial charge in [0.25, 0.3) is 0 Å². The van der Waals surface area contributed by atoms with Crippen LogP contribution >= 0.6 is 0 Å². The maximum Gasteiger partial charge on any atom is 0.0465 e. The molecule has 1 unspecified atom stereocenters. The van der Waals surface area contributed by atoms with Crippen molar-refractivity contribution in [3.05, 3.63) is 256 Å². The minimum atomic E-state index is -0.0558. The monoisotopic (exact) mass is 849 g/mol. The van der Waals surface area contributed by atoms with Crippen molar-refractivity contribution in [2.45, 2.75) is 57.3 Å². The second kappa shape index (κ2) is 17.8. The second-order valence-corrected chi connectivity index (χ2v) is 18.1. The van der Waals surface area contributed by atoms with Crippen molar-refractivity contribution in [3.63, 3.8) is 0 Å². The van der Waals surface area contributed by atoms with E-state index in [0.717, 1.165) is 43.5 Å². The average molecular weight is 850 g/mol. The van der Waals surface area contributed by atoms with Crippen LogP contribution < -0.4 is 4.90 Å². The molecule has 0 amide bonds. The summed E-state index contributed by atoms with van der Waals surface area (Å²) in [6.45, 7) is 4.71. The number of hydrogen-bond acceptors (Lipinski definition) is 1. The topological polar surface area (TPSA) is 3.24 Å². The van der Waals surface area contributed by atoms with Crippen LogP contribution in [0.2, 0.25) is 0 Å². The number of benzene rings is 8. The van der Waals surface area contributed by atoms with Crippen molar-refractivity contribution in [2.75, 3.05) is 4.90 Å². The van der Waals surface area contributed by atoms with Gasteiger partial charge in [-0.25, -0.2) is 0 Å². The highest BCUT2D eigenvalue weighted by Crippen LogP contribution is 2.54. The molecule has 0 aromatic heterocycles. The summed E-state index contributed by atoms with van der Waals surface area (Å²) in [6.07, 6.45) is 26.2. The molecule has 0 saturated carbocycles. The SMILES string of the molecule is CCC1(CC)c2cc(/C=C/c3ccc(/C=C/C4=CCC(c5c(-c6ccccc6)c6c(c7ccccc57)C=CCC6)C=C4)cc3)ccc2-c2ccc(N(c3ccccc3)c3ccccc3)cc21. The Morgan fingerprint density at radius 3 is 1.77 bits per heavy atom. The molecule has 66 heavy (non-hydrogen) atoms. The van der Waals surface area contributed by atoms with E-state index in [2.05, 4.69) is 249 Å². The van der Waals surface area contributed by atoms with Crippen molar-refractivity contribution >= 4 is 52.1 Å². The van der Waals surface area contributed by atoms with E-state index in [1.807, 2.05) is 0 Å². The van der Waals surface area contributed by atoms with Gasteiger partial charge in [0.1, 0.15) is 0 Å². The molecular formula is C65H55N. The summed E-state index contributed by atoms with van der Waals surface area (Å²) in [5.41, 5.74) is 21.1. The predicted molar refractivity (Wildman–Crippen MR) is 284 cm³/mol. The molecule has 0 heterocycles. The van der Waals surface area contributed by atoms with Gasteiger partial charge in [-0.1, -0.05) is 208 Å². The molecule has 1 nitrogen and oxygen atoms in total. The van der Waals surface area contributed by atoms with E-state index < -0.39 is 0 Å². The Kier molecular flexibility index (Phi) is 11.1. The number of fused-ring (bicyclic) bond motifs is 6. The Bertz CT molecular complexity index is 3170. The van der Waals surface area contributed by atoms with Crippen LogP contribution in [0.5, 0.6) is 0 Å². The van der Waals surface area contributed by atoms with Crippen LogP contribution in [-0.4, -0.2) is 0 Å². The Morgan fingerprint density at radius 1 is 0.545 bits per heavy atom. The Hall–Kier alpha value is -7.48. The molecule has 1 atom stereocenters. The van der Waals surface area contributed by atoms with Crippen molar-refractivity contribution < 1.29 is 0 Å². The zero-order chi connectivity index (χ0) is 44.5. The van der Waals surface area contributed by atoms with Gasteiger partial charge in [0, 0.05) is 28.4 Å². The predicted octanol–water partition coefficient (Wildman–Crippen LogP) is 17.9. The zero-order valence-corrected chi connectivity index (χ0v) is 38.0. The first-order valence-corrected chi connectivity index (χ1v) is 24.0. The van der Waals surface area contributed by atoms with Gasteiger partial charge >= 0.3 is 0 Å².